The minimum absolute atomic E-state index is 0. The molecule has 1 aliphatic rings. The van der Waals surface area contributed by atoms with Crippen LogP contribution in [0.4, 0.5) is 0 Å². The lowest BCUT2D eigenvalue weighted by atomic mass is 9.72. The lowest BCUT2D eigenvalue weighted by Gasteiger charge is -2.45. The summed E-state index contributed by atoms with van der Waals surface area (Å²) in [6.07, 6.45) is 4.90. The zero-order chi connectivity index (χ0) is 16.8. The second-order valence-electron chi connectivity index (χ2n) is 7.24. The van der Waals surface area contributed by atoms with Gasteiger partial charge < -0.3 is 4.74 Å². The van der Waals surface area contributed by atoms with Crippen molar-refractivity contribution < 1.29 is 4.74 Å². The van der Waals surface area contributed by atoms with Crippen molar-refractivity contribution in [3.8, 4) is 0 Å². The molecule has 0 bridgehead atoms. The number of ether oxygens (including phenoxy) is 1. The zero-order valence-electron chi connectivity index (χ0n) is 15.4. The average molecular weight is 360 g/mol. The molecule has 1 aliphatic carbocycles. The summed E-state index contributed by atoms with van der Waals surface area (Å²) in [5.74, 6) is 0.686. The van der Waals surface area contributed by atoms with Crippen molar-refractivity contribution in [2.45, 2.75) is 37.8 Å². The van der Waals surface area contributed by atoms with Gasteiger partial charge in [-0.2, -0.15) is 0 Å². The van der Waals surface area contributed by atoms with Crippen molar-refractivity contribution in [1.29, 1.82) is 0 Å². The minimum atomic E-state index is 0. The molecule has 0 amide bonds. The van der Waals surface area contributed by atoms with Crippen LogP contribution in [0.3, 0.4) is 0 Å². The highest BCUT2D eigenvalue weighted by molar-refractivity contribution is 5.85. The molecule has 2 aromatic rings. The second kappa shape index (κ2) is 9.38. The van der Waals surface area contributed by atoms with E-state index in [4.69, 9.17) is 4.74 Å². The van der Waals surface area contributed by atoms with E-state index in [9.17, 15) is 0 Å². The summed E-state index contributed by atoms with van der Waals surface area (Å²) in [6, 6.07) is 21.5. The van der Waals surface area contributed by atoms with Gasteiger partial charge in [-0.25, -0.2) is 0 Å². The van der Waals surface area contributed by atoms with Gasteiger partial charge in [0.2, 0.25) is 0 Å². The van der Waals surface area contributed by atoms with Crippen LogP contribution in [0.15, 0.2) is 60.7 Å². The Balaban J connectivity index is 0.00000225. The van der Waals surface area contributed by atoms with E-state index in [0.29, 0.717) is 5.92 Å². The van der Waals surface area contributed by atoms with Crippen molar-refractivity contribution in [1.82, 2.24) is 4.90 Å². The maximum Gasteiger partial charge on any atom is 0.0717 e. The Bertz CT molecular complexity index is 606. The molecule has 3 heteroatoms. The topological polar surface area (TPSA) is 12.5 Å². The predicted molar refractivity (Wildman–Crippen MR) is 107 cm³/mol. The van der Waals surface area contributed by atoms with Gasteiger partial charge in [0.05, 0.1) is 6.61 Å². The van der Waals surface area contributed by atoms with Crippen LogP contribution in [0.5, 0.6) is 0 Å². The molecule has 0 aromatic heterocycles. The van der Waals surface area contributed by atoms with Crippen LogP contribution in [0.25, 0.3) is 0 Å². The standard InChI is InChI=1S/C22H29NO.ClH/c1-23(2)22(21-11-7-4-8-12-21)15-13-20(14-16-22)18-24-17-19-9-5-3-6-10-19;/h3-12,20H,13-18H2,1-2H3;1H. The Morgan fingerprint density at radius 1 is 0.920 bits per heavy atom. The van der Waals surface area contributed by atoms with E-state index in [0.717, 1.165) is 13.2 Å². The monoisotopic (exact) mass is 359 g/mol. The molecule has 3 rings (SSSR count). The Hall–Kier alpha value is -1.35. The average Bonchev–Trinajstić information content (AvgIpc) is 2.64. The van der Waals surface area contributed by atoms with E-state index in [2.05, 4.69) is 79.7 Å². The fraction of sp³-hybridized carbons (Fsp3) is 0.455. The largest absolute Gasteiger partial charge is 0.376 e. The van der Waals surface area contributed by atoms with Crippen LogP contribution < -0.4 is 0 Å². The predicted octanol–water partition coefficient (Wildman–Crippen LogP) is 5.27. The molecule has 1 fully saturated rings. The summed E-state index contributed by atoms with van der Waals surface area (Å²) in [5.41, 5.74) is 2.91. The summed E-state index contributed by atoms with van der Waals surface area (Å²) in [4.78, 5) is 2.42. The normalized spacial score (nSPS) is 23.2. The SMILES string of the molecule is CN(C)C1(c2ccccc2)CCC(COCc2ccccc2)CC1.Cl. The summed E-state index contributed by atoms with van der Waals surface area (Å²) >= 11 is 0. The number of nitrogens with zero attached hydrogens (tertiary/aromatic N) is 1. The van der Waals surface area contributed by atoms with Crippen molar-refractivity contribution >= 4 is 12.4 Å². The molecule has 0 N–H and O–H groups in total. The van der Waals surface area contributed by atoms with Crippen LogP contribution in [0.2, 0.25) is 0 Å². The number of hydrogen-bond acceptors (Lipinski definition) is 2. The molecule has 0 aliphatic heterocycles. The van der Waals surface area contributed by atoms with E-state index >= 15 is 0 Å². The van der Waals surface area contributed by atoms with Gasteiger partial charge in [-0.05, 0) is 56.8 Å². The van der Waals surface area contributed by atoms with Crippen molar-refractivity contribution in [3.05, 3.63) is 71.8 Å². The van der Waals surface area contributed by atoms with E-state index in [1.54, 1.807) is 0 Å². The van der Waals surface area contributed by atoms with Gasteiger partial charge in [0, 0.05) is 12.1 Å². The Morgan fingerprint density at radius 2 is 1.48 bits per heavy atom. The minimum Gasteiger partial charge on any atom is -0.376 e. The third kappa shape index (κ3) is 4.84. The van der Waals surface area contributed by atoms with Crippen molar-refractivity contribution in [2.75, 3.05) is 20.7 Å². The highest BCUT2D eigenvalue weighted by Gasteiger charge is 2.38. The van der Waals surface area contributed by atoms with Gasteiger partial charge in [-0.1, -0.05) is 60.7 Å². The number of benzene rings is 2. The van der Waals surface area contributed by atoms with Gasteiger partial charge >= 0.3 is 0 Å². The molecule has 2 aromatic carbocycles. The summed E-state index contributed by atoms with van der Waals surface area (Å²) in [7, 11) is 4.44. The summed E-state index contributed by atoms with van der Waals surface area (Å²) in [5, 5.41) is 0. The van der Waals surface area contributed by atoms with E-state index in [1.807, 2.05) is 0 Å². The molecule has 25 heavy (non-hydrogen) atoms. The van der Waals surface area contributed by atoms with Crippen LogP contribution in [-0.4, -0.2) is 25.6 Å². The molecule has 0 saturated heterocycles. The third-order valence-electron chi connectivity index (χ3n) is 5.56. The first kappa shape index (κ1) is 20.0. The van der Waals surface area contributed by atoms with Crippen molar-refractivity contribution in [2.24, 2.45) is 5.92 Å². The van der Waals surface area contributed by atoms with Crippen LogP contribution in [0, 0.1) is 5.92 Å². The van der Waals surface area contributed by atoms with E-state index < -0.39 is 0 Å². The smallest absolute Gasteiger partial charge is 0.0717 e. The Kier molecular flexibility index (Phi) is 7.49. The van der Waals surface area contributed by atoms with Gasteiger partial charge in [-0.3, -0.25) is 4.90 Å². The maximum atomic E-state index is 5.98. The third-order valence-corrected chi connectivity index (χ3v) is 5.56. The molecule has 2 nitrogen and oxygen atoms in total. The Labute approximate surface area is 158 Å². The highest BCUT2D eigenvalue weighted by Crippen LogP contribution is 2.43. The second-order valence-corrected chi connectivity index (χ2v) is 7.24. The Morgan fingerprint density at radius 3 is 2.04 bits per heavy atom. The molecule has 1 saturated carbocycles. The first-order valence-corrected chi connectivity index (χ1v) is 9.05. The molecular formula is C22H30ClNO. The first-order valence-electron chi connectivity index (χ1n) is 9.05. The highest BCUT2D eigenvalue weighted by atomic mass is 35.5. The number of rotatable bonds is 6. The number of hydrogen-bond donors (Lipinski definition) is 0. The quantitative estimate of drug-likeness (QED) is 0.696. The van der Waals surface area contributed by atoms with Gasteiger partial charge in [0.15, 0.2) is 0 Å². The molecule has 136 valence electrons. The summed E-state index contributed by atoms with van der Waals surface area (Å²) in [6.45, 7) is 1.61. The van der Waals surface area contributed by atoms with Crippen molar-refractivity contribution in [3.63, 3.8) is 0 Å². The van der Waals surface area contributed by atoms with Crippen LogP contribution in [-0.2, 0) is 16.9 Å². The van der Waals surface area contributed by atoms with Gasteiger partial charge in [-0.15, -0.1) is 12.4 Å². The lowest BCUT2D eigenvalue weighted by molar-refractivity contribution is 0.0287. The molecule has 0 unspecified atom stereocenters. The molecule has 0 heterocycles. The zero-order valence-corrected chi connectivity index (χ0v) is 16.2. The lowest BCUT2D eigenvalue weighted by Crippen LogP contribution is -2.44. The van der Waals surface area contributed by atoms with E-state index in [-0.39, 0.29) is 17.9 Å². The van der Waals surface area contributed by atoms with Gasteiger partial charge in [0.1, 0.15) is 0 Å². The molecule has 0 spiro atoms. The molecular weight excluding hydrogens is 330 g/mol. The van der Waals surface area contributed by atoms with E-state index in [1.165, 1.54) is 36.8 Å². The maximum absolute atomic E-state index is 5.98. The fourth-order valence-electron chi connectivity index (χ4n) is 3.98. The first-order chi connectivity index (χ1) is 11.7. The number of halogens is 1. The van der Waals surface area contributed by atoms with Gasteiger partial charge in [0.25, 0.3) is 0 Å². The van der Waals surface area contributed by atoms with Crippen LogP contribution in [0.1, 0.15) is 36.8 Å². The van der Waals surface area contributed by atoms with Crippen LogP contribution >= 0.6 is 12.4 Å². The molecule has 0 radical (unpaired) electrons. The summed E-state index contributed by atoms with van der Waals surface area (Å²) < 4.78 is 5.98. The fourth-order valence-corrected chi connectivity index (χ4v) is 3.98. The molecule has 0 atom stereocenters.